The maximum Gasteiger partial charge on any atom is 0.156 e. The molecule has 3 heteroatoms. The number of aromatic nitrogens is 2. The van der Waals surface area contributed by atoms with Crippen LogP contribution in [0.15, 0.2) is 43.0 Å². The summed E-state index contributed by atoms with van der Waals surface area (Å²) in [5.74, 6) is 0.677. The van der Waals surface area contributed by atoms with Crippen molar-refractivity contribution in [3.8, 4) is 5.75 Å². The molecule has 0 aliphatic carbocycles. The Hall–Kier alpha value is -1.90. The number of ether oxygens (including phenoxy) is 1. The highest BCUT2D eigenvalue weighted by Gasteiger charge is 1.95. The predicted molar refractivity (Wildman–Crippen MR) is 57.3 cm³/mol. The average molecular weight is 199 g/mol. The third-order valence-corrected chi connectivity index (χ3v) is 1.97. The smallest absolute Gasteiger partial charge is 0.156 e. The highest BCUT2D eigenvalue weighted by Crippen LogP contribution is 2.09. The van der Waals surface area contributed by atoms with Crippen LogP contribution in [0.2, 0.25) is 0 Å². The van der Waals surface area contributed by atoms with Gasteiger partial charge in [0, 0.05) is 0 Å². The summed E-state index contributed by atoms with van der Waals surface area (Å²) in [5, 5.41) is 0. The summed E-state index contributed by atoms with van der Waals surface area (Å²) >= 11 is 0. The van der Waals surface area contributed by atoms with Gasteiger partial charge in [-0.05, 0) is 18.1 Å². The van der Waals surface area contributed by atoms with Crippen molar-refractivity contribution in [3.63, 3.8) is 0 Å². The molecule has 0 amide bonds. The minimum Gasteiger partial charge on any atom is -0.486 e. The molecule has 15 heavy (non-hydrogen) atoms. The summed E-state index contributed by atoms with van der Waals surface area (Å²) in [5.41, 5.74) is 2.10. The van der Waals surface area contributed by atoms with E-state index in [-0.39, 0.29) is 0 Å². The van der Waals surface area contributed by atoms with Gasteiger partial charge in [-0.3, -0.25) is 0 Å². The van der Waals surface area contributed by atoms with Crippen molar-refractivity contribution in [1.29, 1.82) is 0 Å². The van der Waals surface area contributed by atoms with E-state index in [1.54, 1.807) is 12.4 Å². The van der Waals surface area contributed by atoms with Gasteiger partial charge in [-0.25, -0.2) is 9.97 Å². The maximum atomic E-state index is 5.49. The molecule has 1 aromatic heterocycles. The summed E-state index contributed by atoms with van der Waals surface area (Å²) < 4.78 is 5.49. The zero-order chi connectivity index (χ0) is 10.5. The van der Waals surface area contributed by atoms with E-state index >= 15 is 0 Å². The molecule has 1 heterocycles. The van der Waals surface area contributed by atoms with Crippen molar-refractivity contribution in [3.05, 3.63) is 61.0 Å². The lowest BCUT2D eigenvalue weighted by Crippen LogP contribution is -1.95. The van der Waals surface area contributed by atoms with Gasteiger partial charge in [-0.1, -0.05) is 24.3 Å². The first-order valence-corrected chi connectivity index (χ1v) is 4.63. The molecule has 0 atom stereocenters. The first-order chi connectivity index (χ1) is 7.34. The summed E-state index contributed by atoms with van der Waals surface area (Å²) in [7, 11) is 0. The fourth-order valence-electron chi connectivity index (χ4n) is 1.16. The molecule has 2 rings (SSSR count). The lowest BCUT2D eigenvalue weighted by Gasteiger charge is -2.04. The lowest BCUT2D eigenvalue weighted by molar-refractivity contribution is 0.303. The standard InChI is InChI=1S/C12H11N2O/c1-10-2-4-11(5-3-10)8-15-12-6-13-9-14-7-12/h2-7,9H,1,8H2. The van der Waals surface area contributed by atoms with Crippen molar-refractivity contribution in [2.45, 2.75) is 6.61 Å². The van der Waals surface area contributed by atoms with E-state index in [4.69, 9.17) is 4.74 Å². The van der Waals surface area contributed by atoms with Gasteiger partial charge in [0.25, 0.3) is 0 Å². The molecule has 75 valence electrons. The van der Waals surface area contributed by atoms with E-state index in [1.165, 1.54) is 6.33 Å². The van der Waals surface area contributed by atoms with Crippen molar-refractivity contribution in [1.82, 2.24) is 9.97 Å². The monoisotopic (exact) mass is 199 g/mol. The Morgan fingerprint density at radius 2 is 1.73 bits per heavy atom. The molecule has 0 bridgehead atoms. The molecule has 0 N–H and O–H groups in total. The molecule has 0 saturated carbocycles. The molecule has 2 aromatic rings. The second-order valence-electron chi connectivity index (χ2n) is 3.18. The van der Waals surface area contributed by atoms with E-state index in [0.29, 0.717) is 12.4 Å². The van der Waals surface area contributed by atoms with Crippen molar-refractivity contribution in [2.24, 2.45) is 0 Å². The fourth-order valence-corrected chi connectivity index (χ4v) is 1.16. The maximum absolute atomic E-state index is 5.49. The molecule has 1 radical (unpaired) electrons. The Labute approximate surface area is 88.8 Å². The van der Waals surface area contributed by atoms with Gasteiger partial charge in [0.2, 0.25) is 0 Å². The molecule has 0 fully saturated rings. The normalized spacial score (nSPS) is 9.93. The van der Waals surface area contributed by atoms with Crippen LogP contribution in [-0.2, 0) is 6.61 Å². The van der Waals surface area contributed by atoms with Crippen LogP contribution < -0.4 is 4.74 Å². The minimum atomic E-state index is 0.521. The summed E-state index contributed by atoms with van der Waals surface area (Å²) in [6, 6.07) is 7.90. The van der Waals surface area contributed by atoms with E-state index in [0.717, 1.165) is 11.1 Å². The summed E-state index contributed by atoms with van der Waals surface area (Å²) in [4.78, 5) is 7.73. The third kappa shape index (κ3) is 2.77. The predicted octanol–water partition coefficient (Wildman–Crippen LogP) is 2.24. The van der Waals surface area contributed by atoms with Crippen molar-refractivity contribution < 1.29 is 4.74 Å². The molecule has 0 saturated heterocycles. The van der Waals surface area contributed by atoms with Crippen LogP contribution in [0.3, 0.4) is 0 Å². The number of hydrogen-bond acceptors (Lipinski definition) is 3. The molecule has 0 spiro atoms. The molecule has 3 nitrogen and oxygen atoms in total. The van der Waals surface area contributed by atoms with Gasteiger partial charge in [0.1, 0.15) is 12.9 Å². The van der Waals surface area contributed by atoms with Crippen LogP contribution in [0.5, 0.6) is 5.75 Å². The minimum absolute atomic E-state index is 0.521. The SMILES string of the molecule is [CH2]c1ccc(COc2cncnc2)cc1. The Morgan fingerprint density at radius 3 is 2.40 bits per heavy atom. The Kier molecular flexibility index (Phi) is 2.93. The second-order valence-corrected chi connectivity index (χ2v) is 3.18. The van der Waals surface area contributed by atoms with E-state index in [1.807, 2.05) is 24.3 Å². The summed E-state index contributed by atoms with van der Waals surface area (Å²) in [6.07, 6.45) is 4.76. The van der Waals surface area contributed by atoms with Crippen molar-refractivity contribution in [2.75, 3.05) is 0 Å². The van der Waals surface area contributed by atoms with E-state index in [9.17, 15) is 0 Å². The highest BCUT2D eigenvalue weighted by atomic mass is 16.5. The summed E-state index contributed by atoms with van der Waals surface area (Å²) in [6.45, 7) is 4.34. The molecule has 0 aliphatic rings. The number of rotatable bonds is 3. The van der Waals surface area contributed by atoms with Gasteiger partial charge >= 0.3 is 0 Å². The molecule has 0 aliphatic heterocycles. The van der Waals surface area contributed by atoms with Gasteiger partial charge in [-0.2, -0.15) is 0 Å². The van der Waals surface area contributed by atoms with E-state index in [2.05, 4.69) is 16.9 Å². The van der Waals surface area contributed by atoms with E-state index < -0.39 is 0 Å². The van der Waals surface area contributed by atoms with Gasteiger partial charge in [0.05, 0.1) is 12.4 Å². The molecular formula is C12H11N2O. The average Bonchev–Trinajstić information content (AvgIpc) is 2.30. The Bertz CT molecular complexity index is 411. The second kappa shape index (κ2) is 4.55. The topological polar surface area (TPSA) is 35.0 Å². The largest absolute Gasteiger partial charge is 0.486 e. The Morgan fingerprint density at radius 1 is 1.07 bits per heavy atom. The third-order valence-electron chi connectivity index (χ3n) is 1.97. The van der Waals surface area contributed by atoms with Crippen LogP contribution in [-0.4, -0.2) is 9.97 Å². The van der Waals surface area contributed by atoms with Crippen LogP contribution in [0.25, 0.3) is 0 Å². The number of hydrogen-bond donors (Lipinski definition) is 0. The zero-order valence-corrected chi connectivity index (χ0v) is 8.26. The quantitative estimate of drug-likeness (QED) is 0.760. The first kappa shape index (κ1) is 9.65. The first-order valence-electron chi connectivity index (χ1n) is 4.63. The van der Waals surface area contributed by atoms with Gasteiger partial charge in [-0.15, -0.1) is 0 Å². The molecular weight excluding hydrogens is 188 g/mol. The molecule has 0 unspecified atom stereocenters. The van der Waals surface area contributed by atoms with Crippen LogP contribution in [0.1, 0.15) is 11.1 Å². The fraction of sp³-hybridized carbons (Fsp3) is 0.0833. The Balaban J connectivity index is 1.96. The highest BCUT2D eigenvalue weighted by molar-refractivity contribution is 5.24. The van der Waals surface area contributed by atoms with Crippen molar-refractivity contribution >= 4 is 0 Å². The number of nitrogens with zero attached hydrogens (tertiary/aromatic N) is 2. The van der Waals surface area contributed by atoms with Gasteiger partial charge in [0.15, 0.2) is 5.75 Å². The number of benzene rings is 1. The lowest BCUT2D eigenvalue weighted by atomic mass is 10.2. The zero-order valence-electron chi connectivity index (χ0n) is 8.26. The van der Waals surface area contributed by atoms with Gasteiger partial charge < -0.3 is 4.74 Å². The van der Waals surface area contributed by atoms with Crippen LogP contribution in [0.4, 0.5) is 0 Å². The van der Waals surface area contributed by atoms with Crippen LogP contribution >= 0.6 is 0 Å². The molecule has 1 aromatic carbocycles. The van der Waals surface area contributed by atoms with Crippen LogP contribution in [0, 0.1) is 6.92 Å².